The lowest BCUT2D eigenvalue weighted by Gasteiger charge is -2.26. The van der Waals surface area contributed by atoms with Gasteiger partial charge in [-0.25, -0.2) is 4.39 Å². The van der Waals surface area contributed by atoms with Crippen LogP contribution in [0.2, 0.25) is 0 Å². The standard InChI is InChI=1S/C22H23FN2O2/c1-13-10-18(13)21(26)25-20-9-7-16(23)12-19(20)22(27)24-17-8-6-14-4-2-3-5-15(14)11-17/h2-5,7,9,12-13,17-18H,6,8,10-11H2,1H3,(H,24,27)(H,25,26)/t13-,17+,18-/m1/s1. The van der Waals surface area contributed by atoms with Gasteiger partial charge >= 0.3 is 0 Å². The molecule has 0 spiro atoms. The predicted molar refractivity (Wildman–Crippen MR) is 102 cm³/mol. The van der Waals surface area contributed by atoms with Gasteiger partial charge in [-0.1, -0.05) is 31.2 Å². The number of carbonyl (C=O) groups is 2. The molecule has 0 bridgehead atoms. The lowest BCUT2D eigenvalue weighted by atomic mass is 9.88. The fraction of sp³-hybridized carbons (Fsp3) is 0.364. The molecule has 4 nitrogen and oxygen atoms in total. The Labute approximate surface area is 158 Å². The Bertz CT molecular complexity index is 896. The van der Waals surface area contributed by atoms with Crippen LogP contribution in [-0.2, 0) is 17.6 Å². The van der Waals surface area contributed by atoms with Crippen LogP contribution in [0.25, 0.3) is 0 Å². The average molecular weight is 366 g/mol. The minimum atomic E-state index is -0.494. The fourth-order valence-electron chi connectivity index (χ4n) is 3.81. The third kappa shape index (κ3) is 3.87. The molecule has 0 aliphatic heterocycles. The van der Waals surface area contributed by atoms with Crippen molar-refractivity contribution in [1.82, 2.24) is 5.32 Å². The second-order valence-corrected chi connectivity index (χ2v) is 7.68. The van der Waals surface area contributed by atoms with Crippen molar-refractivity contribution in [2.75, 3.05) is 5.32 Å². The number of carbonyl (C=O) groups excluding carboxylic acids is 2. The third-order valence-electron chi connectivity index (χ3n) is 5.61. The van der Waals surface area contributed by atoms with Gasteiger partial charge in [-0.05, 0) is 60.9 Å². The zero-order valence-electron chi connectivity index (χ0n) is 15.3. The molecule has 2 aliphatic carbocycles. The summed E-state index contributed by atoms with van der Waals surface area (Å²) in [5, 5.41) is 5.81. The Morgan fingerprint density at radius 3 is 2.59 bits per heavy atom. The molecule has 4 rings (SSSR count). The molecule has 5 heteroatoms. The molecule has 140 valence electrons. The summed E-state index contributed by atoms with van der Waals surface area (Å²) in [6.07, 6.45) is 3.38. The van der Waals surface area contributed by atoms with Crippen molar-refractivity contribution in [2.45, 2.75) is 38.6 Å². The number of halogens is 1. The third-order valence-corrected chi connectivity index (χ3v) is 5.61. The van der Waals surface area contributed by atoms with E-state index in [1.807, 2.05) is 19.1 Å². The molecule has 0 unspecified atom stereocenters. The molecule has 1 saturated carbocycles. The minimum absolute atomic E-state index is 0.00248. The maximum Gasteiger partial charge on any atom is 0.253 e. The lowest BCUT2D eigenvalue weighted by molar-refractivity contribution is -0.117. The number of anilines is 1. The van der Waals surface area contributed by atoms with Gasteiger partial charge in [-0.2, -0.15) is 0 Å². The Balaban J connectivity index is 1.48. The number of hydrogen-bond donors (Lipinski definition) is 2. The molecule has 0 heterocycles. The number of benzene rings is 2. The van der Waals surface area contributed by atoms with Crippen molar-refractivity contribution in [1.29, 1.82) is 0 Å². The first-order valence-electron chi connectivity index (χ1n) is 9.49. The Kier molecular flexibility index (Phi) is 4.68. The zero-order chi connectivity index (χ0) is 19.0. The average Bonchev–Trinajstić information content (AvgIpc) is 3.40. The predicted octanol–water partition coefficient (Wildman–Crippen LogP) is 3.71. The van der Waals surface area contributed by atoms with Crippen LogP contribution in [0, 0.1) is 17.7 Å². The maximum absolute atomic E-state index is 13.8. The highest BCUT2D eigenvalue weighted by Crippen LogP contribution is 2.38. The molecule has 2 aromatic carbocycles. The molecule has 2 aromatic rings. The molecule has 0 saturated heterocycles. The number of rotatable bonds is 4. The topological polar surface area (TPSA) is 58.2 Å². The van der Waals surface area contributed by atoms with E-state index in [4.69, 9.17) is 0 Å². The normalized spacial score (nSPS) is 23.3. The van der Waals surface area contributed by atoms with Crippen LogP contribution in [-0.4, -0.2) is 17.9 Å². The largest absolute Gasteiger partial charge is 0.349 e. The van der Waals surface area contributed by atoms with Gasteiger partial charge in [0.25, 0.3) is 5.91 Å². The zero-order valence-corrected chi connectivity index (χ0v) is 15.3. The van der Waals surface area contributed by atoms with Crippen LogP contribution in [0.15, 0.2) is 42.5 Å². The first kappa shape index (κ1) is 17.7. The molecular formula is C22H23FN2O2. The summed E-state index contributed by atoms with van der Waals surface area (Å²) in [4.78, 5) is 25.0. The van der Waals surface area contributed by atoms with E-state index in [0.29, 0.717) is 11.6 Å². The van der Waals surface area contributed by atoms with Gasteiger partial charge in [0.1, 0.15) is 5.82 Å². The Hall–Kier alpha value is -2.69. The van der Waals surface area contributed by atoms with E-state index in [9.17, 15) is 14.0 Å². The van der Waals surface area contributed by atoms with E-state index in [2.05, 4.69) is 22.8 Å². The summed E-state index contributed by atoms with van der Waals surface area (Å²) in [7, 11) is 0. The SMILES string of the molecule is C[C@@H]1C[C@H]1C(=O)Nc1ccc(F)cc1C(=O)N[C@H]1CCc2ccccc2C1. The van der Waals surface area contributed by atoms with Crippen molar-refractivity contribution >= 4 is 17.5 Å². The smallest absolute Gasteiger partial charge is 0.253 e. The van der Waals surface area contributed by atoms with E-state index in [0.717, 1.165) is 25.7 Å². The van der Waals surface area contributed by atoms with Crippen LogP contribution in [0.1, 0.15) is 41.3 Å². The van der Waals surface area contributed by atoms with E-state index in [1.54, 1.807) is 0 Å². The molecule has 3 atom stereocenters. The van der Waals surface area contributed by atoms with Crippen LogP contribution in [0.4, 0.5) is 10.1 Å². The number of hydrogen-bond acceptors (Lipinski definition) is 2. The van der Waals surface area contributed by atoms with Crippen LogP contribution >= 0.6 is 0 Å². The Morgan fingerprint density at radius 1 is 1.11 bits per heavy atom. The first-order valence-corrected chi connectivity index (χ1v) is 9.49. The monoisotopic (exact) mass is 366 g/mol. The Morgan fingerprint density at radius 2 is 1.85 bits per heavy atom. The van der Waals surface area contributed by atoms with E-state index in [1.165, 1.54) is 29.3 Å². The van der Waals surface area contributed by atoms with Crippen LogP contribution in [0.3, 0.4) is 0 Å². The minimum Gasteiger partial charge on any atom is -0.349 e. The van der Waals surface area contributed by atoms with Gasteiger partial charge in [0.05, 0.1) is 11.3 Å². The van der Waals surface area contributed by atoms with E-state index >= 15 is 0 Å². The summed E-state index contributed by atoms with van der Waals surface area (Å²) in [5.41, 5.74) is 3.11. The summed E-state index contributed by atoms with van der Waals surface area (Å²) in [6, 6.07) is 12.2. The van der Waals surface area contributed by atoms with Gasteiger partial charge in [-0.15, -0.1) is 0 Å². The molecule has 2 amide bonds. The van der Waals surface area contributed by atoms with Gasteiger partial charge in [0, 0.05) is 12.0 Å². The van der Waals surface area contributed by atoms with Gasteiger partial charge in [0.2, 0.25) is 5.91 Å². The quantitative estimate of drug-likeness (QED) is 0.867. The van der Waals surface area contributed by atoms with Crippen LogP contribution in [0.5, 0.6) is 0 Å². The number of aryl methyl sites for hydroxylation is 1. The lowest BCUT2D eigenvalue weighted by Crippen LogP contribution is -2.39. The van der Waals surface area contributed by atoms with Crippen molar-refractivity contribution < 1.29 is 14.0 Å². The second-order valence-electron chi connectivity index (χ2n) is 7.68. The van der Waals surface area contributed by atoms with Crippen LogP contribution < -0.4 is 10.6 Å². The molecule has 2 N–H and O–H groups in total. The van der Waals surface area contributed by atoms with Gasteiger partial charge in [-0.3, -0.25) is 9.59 Å². The van der Waals surface area contributed by atoms with Crippen molar-refractivity contribution in [2.24, 2.45) is 11.8 Å². The van der Waals surface area contributed by atoms with E-state index in [-0.39, 0.29) is 29.3 Å². The van der Waals surface area contributed by atoms with Gasteiger partial charge in [0.15, 0.2) is 0 Å². The molecule has 2 aliphatic rings. The number of nitrogens with one attached hydrogen (secondary N) is 2. The summed E-state index contributed by atoms with van der Waals surface area (Å²) in [5.74, 6) is -0.592. The highest BCUT2D eigenvalue weighted by Gasteiger charge is 2.39. The maximum atomic E-state index is 13.8. The molecule has 0 radical (unpaired) electrons. The second kappa shape index (κ2) is 7.14. The molecule has 1 fully saturated rings. The molecule has 0 aromatic heterocycles. The van der Waals surface area contributed by atoms with Crippen molar-refractivity contribution in [3.05, 3.63) is 65.0 Å². The molecular weight excluding hydrogens is 343 g/mol. The van der Waals surface area contributed by atoms with Crippen molar-refractivity contribution in [3.63, 3.8) is 0 Å². The fourth-order valence-corrected chi connectivity index (χ4v) is 3.81. The van der Waals surface area contributed by atoms with E-state index < -0.39 is 5.82 Å². The first-order chi connectivity index (χ1) is 13.0. The highest BCUT2D eigenvalue weighted by atomic mass is 19.1. The van der Waals surface area contributed by atoms with Gasteiger partial charge < -0.3 is 10.6 Å². The molecule has 27 heavy (non-hydrogen) atoms. The highest BCUT2D eigenvalue weighted by molar-refractivity contribution is 6.04. The summed E-state index contributed by atoms with van der Waals surface area (Å²) >= 11 is 0. The summed E-state index contributed by atoms with van der Waals surface area (Å²) in [6.45, 7) is 2.02. The summed E-state index contributed by atoms with van der Waals surface area (Å²) < 4.78 is 13.8. The van der Waals surface area contributed by atoms with Crippen molar-refractivity contribution in [3.8, 4) is 0 Å². The number of amides is 2. The number of fused-ring (bicyclic) bond motifs is 1.